The number of amides is 1. The van der Waals surface area contributed by atoms with Crippen LogP contribution in [0.5, 0.6) is 0 Å². The van der Waals surface area contributed by atoms with Crippen molar-refractivity contribution in [1.82, 2.24) is 5.32 Å². The Morgan fingerprint density at radius 2 is 1.86 bits per heavy atom. The van der Waals surface area contributed by atoms with Gasteiger partial charge in [-0.3, -0.25) is 4.79 Å². The zero-order valence-corrected chi connectivity index (χ0v) is 13.7. The van der Waals surface area contributed by atoms with Gasteiger partial charge in [0.05, 0.1) is 6.04 Å². The first-order valence-corrected chi connectivity index (χ1v) is 8.21. The van der Waals surface area contributed by atoms with Crippen LogP contribution in [0.3, 0.4) is 0 Å². The largest absolute Gasteiger partial charge is 0.349 e. The Morgan fingerprint density at radius 1 is 1.14 bits per heavy atom. The predicted molar refractivity (Wildman–Crippen MR) is 89.4 cm³/mol. The molecule has 1 aromatic carbocycles. The van der Waals surface area contributed by atoms with Crippen LogP contribution in [-0.4, -0.2) is 5.91 Å². The third-order valence-corrected chi connectivity index (χ3v) is 4.42. The summed E-state index contributed by atoms with van der Waals surface area (Å²) in [6.45, 7) is 6.47. The van der Waals surface area contributed by atoms with Crippen molar-refractivity contribution in [1.29, 1.82) is 0 Å². The van der Waals surface area contributed by atoms with Crippen LogP contribution in [0.4, 0.5) is 0 Å². The quantitative estimate of drug-likeness (QED) is 0.860. The van der Waals surface area contributed by atoms with E-state index >= 15 is 0 Å². The molecule has 0 bridgehead atoms. The molecule has 0 saturated carbocycles. The maximum absolute atomic E-state index is 12.3. The van der Waals surface area contributed by atoms with Crippen molar-refractivity contribution in [2.75, 3.05) is 0 Å². The van der Waals surface area contributed by atoms with Gasteiger partial charge in [0.25, 0.3) is 0 Å². The highest BCUT2D eigenvalue weighted by Crippen LogP contribution is 2.32. The van der Waals surface area contributed by atoms with E-state index < -0.39 is 0 Å². The van der Waals surface area contributed by atoms with Gasteiger partial charge < -0.3 is 5.32 Å². The number of hydrogen-bond acceptors (Lipinski definition) is 2. The molecule has 0 fully saturated rings. The molecular formula is C18H23NOS. The van der Waals surface area contributed by atoms with Crippen LogP contribution in [0.15, 0.2) is 47.8 Å². The summed E-state index contributed by atoms with van der Waals surface area (Å²) in [5, 5.41) is 5.25. The Balaban J connectivity index is 2.00. The molecule has 1 heterocycles. The van der Waals surface area contributed by atoms with E-state index in [2.05, 4.69) is 49.7 Å². The van der Waals surface area contributed by atoms with Crippen LogP contribution in [-0.2, 0) is 11.2 Å². The van der Waals surface area contributed by atoms with E-state index in [1.807, 2.05) is 24.3 Å². The van der Waals surface area contributed by atoms with E-state index in [1.54, 1.807) is 11.3 Å². The standard InChI is InChI=1S/C18H23NOS/c1-18(2,3)17(14-8-5-4-6-9-14)19-16(20)12-11-15-10-7-13-21-15/h4-10,13,17H,11-12H2,1-3H3,(H,19,20)/t17-/m1/s1. The van der Waals surface area contributed by atoms with Gasteiger partial charge in [0.2, 0.25) is 5.91 Å². The molecule has 0 radical (unpaired) electrons. The minimum Gasteiger partial charge on any atom is -0.349 e. The smallest absolute Gasteiger partial charge is 0.220 e. The third-order valence-electron chi connectivity index (χ3n) is 3.48. The molecule has 21 heavy (non-hydrogen) atoms. The summed E-state index contributed by atoms with van der Waals surface area (Å²) in [4.78, 5) is 13.5. The lowest BCUT2D eigenvalue weighted by molar-refractivity contribution is -0.122. The molecule has 1 aromatic heterocycles. The average molecular weight is 301 g/mol. The third kappa shape index (κ3) is 4.71. The number of carbonyl (C=O) groups is 1. The van der Waals surface area contributed by atoms with E-state index in [0.29, 0.717) is 6.42 Å². The second-order valence-corrected chi connectivity index (χ2v) is 7.39. The van der Waals surface area contributed by atoms with Crippen LogP contribution < -0.4 is 5.32 Å². The molecule has 1 N–H and O–H groups in total. The maximum Gasteiger partial charge on any atom is 0.220 e. The van der Waals surface area contributed by atoms with Crippen molar-refractivity contribution in [2.45, 2.75) is 39.7 Å². The Hall–Kier alpha value is -1.61. The van der Waals surface area contributed by atoms with Gasteiger partial charge in [-0.05, 0) is 28.8 Å². The van der Waals surface area contributed by atoms with Crippen LogP contribution in [0.25, 0.3) is 0 Å². The van der Waals surface area contributed by atoms with E-state index in [4.69, 9.17) is 0 Å². The number of thiophene rings is 1. The topological polar surface area (TPSA) is 29.1 Å². The molecule has 2 nitrogen and oxygen atoms in total. The number of nitrogens with one attached hydrogen (secondary N) is 1. The van der Waals surface area contributed by atoms with Crippen LogP contribution in [0.2, 0.25) is 0 Å². The SMILES string of the molecule is CC(C)(C)[C@H](NC(=O)CCc1cccs1)c1ccccc1. The van der Waals surface area contributed by atoms with E-state index in [0.717, 1.165) is 12.0 Å². The van der Waals surface area contributed by atoms with Crippen molar-refractivity contribution in [2.24, 2.45) is 5.41 Å². The van der Waals surface area contributed by atoms with Gasteiger partial charge in [-0.25, -0.2) is 0 Å². The molecule has 2 aromatic rings. The lowest BCUT2D eigenvalue weighted by Crippen LogP contribution is -2.36. The Labute approximate surface area is 131 Å². The average Bonchev–Trinajstić information content (AvgIpc) is 2.95. The number of rotatable bonds is 5. The lowest BCUT2D eigenvalue weighted by Gasteiger charge is -2.32. The van der Waals surface area contributed by atoms with Gasteiger partial charge >= 0.3 is 0 Å². The summed E-state index contributed by atoms with van der Waals surface area (Å²) in [6.07, 6.45) is 1.36. The Morgan fingerprint density at radius 3 is 2.43 bits per heavy atom. The molecule has 112 valence electrons. The fraction of sp³-hybridized carbons (Fsp3) is 0.389. The second-order valence-electron chi connectivity index (χ2n) is 6.36. The number of hydrogen-bond donors (Lipinski definition) is 1. The van der Waals surface area contributed by atoms with Gasteiger partial charge in [0.1, 0.15) is 0 Å². The number of aryl methyl sites for hydroxylation is 1. The van der Waals surface area contributed by atoms with E-state index in [9.17, 15) is 4.79 Å². The minimum absolute atomic E-state index is 0.0139. The molecule has 1 amide bonds. The molecule has 0 aliphatic rings. The van der Waals surface area contributed by atoms with Gasteiger partial charge in [-0.1, -0.05) is 57.2 Å². The summed E-state index contributed by atoms with van der Waals surface area (Å²) in [5.41, 5.74) is 1.15. The molecule has 2 rings (SSSR count). The zero-order valence-electron chi connectivity index (χ0n) is 12.9. The Bertz CT molecular complexity index is 555. The predicted octanol–water partition coefficient (Wildman–Crippen LogP) is 4.58. The lowest BCUT2D eigenvalue weighted by atomic mass is 9.82. The molecule has 0 unspecified atom stereocenters. The highest BCUT2D eigenvalue weighted by molar-refractivity contribution is 7.09. The van der Waals surface area contributed by atoms with Crippen molar-refractivity contribution in [3.05, 3.63) is 58.3 Å². The zero-order chi connectivity index (χ0) is 15.3. The molecule has 0 aliphatic carbocycles. The molecule has 0 aliphatic heterocycles. The van der Waals surface area contributed by atoms with E-state index in [-0.39, 0.29) is 17.4 Å². The van der Waals surface area contributed by atoms with Crippen molar-refractivity contribution in [3.63, 3.8) is 0 Å². The summed E-state index contributed by atoms with van der Waals surface area (Å²) in [7, 11) is 0. The molecule has 1 atom stereocenters. The first kappa shape index (κ1) is 15.8. The minimum atomic E-state index is -0.0139. The summed E-state index contributed by atoms with van der Waals surface area (Å²) in [5.74, 6) is 0.118. The normalized spacial score (nSPS) is 12.9. The van der Waals surface area contributed by atoms with Gasteiger partial charge in [-0.2, -0.15) is 0 Å². The monoisotopic (exact) mass is 301 g/mol. The fourth-order valence-corrected chi connectivity index (χ4v) is 3.08. The first-order chi connectivity index (χ1) is 9.97. The van der Waals surface area contributed by atoms with Gasteiger partial charge in [0.15, 0.2) is 0 Å². The highest BCUT2D eigenvalue weighted by atomic mass is 32.1. The molecule has 0 saturated heterocycles. The van der Waals surface area contributed by atoms with Crippen molar-refractivity contribution in [3.8, 4) is 0 Å². The molecular weight excluding hydrogens is 278 g/mol. The van der Waals surface area contributed by atoms with Crippen molar-refractivity contribution < 1.29 is 4.79 Å². The van der Waals surface area contributed by atoms with E-state index in [1.165, 1.54) is 4.88 Å². The molecule has 3 heteroatoms. The van der Waals surface area contributed by atoms with Gasteiger partial charge in [-0.15, -0.1) is 11.3 Å². The summed E-state index contributed by atoms with van der Waals surface area (Å²) < 4.78 is 0. The van der Waals surface area contributed by atoms with Crippen LogP contribution in [0, 0.1) is 5.41 Å². The number of carbonyl (C=O) groups excluding carboxylic acids is 1. The summed E-state index contributed by atoms with van der Waals surface area (Å²) >= 11 is 1.71. The van der Waals surface area contributed by atoms with Gasteiger partial charge in [0, 0.05) is 11.3 Å². The second kappa shape index (κ2) is 6.90. The van der Waals surface area contributed by atoms with Crippen LogP contribution in [0.1, 0.15) is 43.7 Å². The van der Waals surface area contributed by atoms with Crippen LogP contribution >= 0.6 is 11.3 Å². The maximum atomic E-state index is 12.3. The summed E-state index contributed by atoms with van der Waals surface area (Å²) in [6, 6.07) is 14.3. The van der Waals surface area contributed by atoms with Crippen molar-refractivity contribution >= 4 is 17.2 Å². The molecule has 0 spiro atoms. The Kier molecular flexibility index (Phi) is 5.18. The number of benzene rings is 1. The fourth-order valence-electron chi connectivity index (χ4n) is 2.37. The first-order valence-electron chi connectivity index (χ1n) is 7.33. The highest BCUT2D eigenvalue weighted by Gasteiger charge is 2.27.